The molecule has 2 nitrogen and oxygen atoms in total. The van der Waals surface area contributed by atoms with Crippen LogP contribution in [0.2, 0.25) is 0 Å². The highest BCUT2D eigenvalue weighted by molar-refractivity contribution is 9.09. The standard InChI is InChI=1S/C9H16BrNOS/c10-4-2-1-3-9(12)11-5-7-13-8-6-11/h1-8H2. The molecule has 0 N–H and O–H groups in total. The summed E-state index contributed by atoms with van der Waals surface area (Å²) in [5, 5.41) is 1.01. The number of carbonyl (C=O) groups excluding carboxylic acids is 1. The quantitative estimate of drug-likeness (QED) is 0.574. The molecule has 0 atom stereocenters. The topological polar surface area (TPSA) is 20.3 Å². The Bertz CT molecular complexity index is 160. The van der Waals surface area contributed by atoms with Crippen LogP contribution in [-0.2, 0) is 4.79 Å². The predicted octanol–water partition coefficient (Wildman–Crippen LogP) is 2.13. The van der Waals surface area contributed by atoms with Gasteiger partial charge in [-0.2, -0.15) is 11.8 Å². The number of hydrogen-bond acceptors (Lipinski definition) is 2. The minimum atomic E-state index is 0.348. The maximum absolute atomic E-state index is 11.6. The van der Waals surface area contributed by atoms with Crippen LogP contribution < -0.4 is 0 Å². The third kappa shape index (κ3) is 4.36. The van der Waals surface area contributed by atoms with E-state index in [1.54, 1.807) is 0 Å². The zero-order valence-electron chi connectivity index (χ0n) is 7.80. The van der Waals surface area contributed by atoms with E-state index in [4.69, 9.17) is 0 Å². The van der Waals surface area contributed by atoms with Crippen molar-refractivity contribution < 1.29 is 4.79 Å². The first kappa shape index (κ1) is 11.4. The second-order valence-corrected chi connectivity index (χ2v) is 5.16. The van der Waals surface area contributed by atoms with Crippen molar-refractivity contribution in [1.29, 1.82) is 0 Å². The van der Waals surface area contributed by atoms with Gasteiger partial charge < -0.3 is 4.90 Å². The fourth-order valence-corrected chi connectivity index (χ4v) is 2.64. The molecular formula is C9H16BrNOS. The van der Waals surface area contributed by atoms with Crippen molar-refractivity contribution in [3.05, 3.63) is 0 Å². The van der Waals surface area contributed by atoms with Crippen LogP contribution in [0.5, 0.6) is 0 Å². The third-order valence-corrected chi connectivity index (χ3v) is 3.64. The van der Waals surface area contributed by atoms with Crippen LogP contribution in [0.15, 0.2) is 0 Å². The van der Waals surface area contributed by atoms with Gasteiger partial charge in [-0.3, -0.25) is 4.79 Å². The summed E-state index contributed by atoms with van der Waals surface area (Å²) in [6.45, 7) is 1.91. The fourth-order valence-electron chi connectivity index (χ4n) is 1.34. The van der Waals surface area contributed by atoms with Gasteiger partial charge >= 0.3 is 0 Å². The first-order valence-corrected chi connectivity index (χ1v) is 7.03. The van der Waals surface area contributed by atoms with Gasteiger partial charge in [0, 0.05) is 36.3 Å². The minimum absolute atomic E-state index is 0.348. The summed E-state index contributed by atoms with van der Waals surface area (Å²) in [5.41, 5.74) is 0. The molecule has 1 aliphatic heterocycles. The number of halogens is 1. The molecule has 0 saturated carbocycles. The van der Waals surface area contributed by atoms with Crippen molar-refractivity contribution >= 4 is 33.6 Å². The van der Waals surface area contributed by atoms with Crippen LogP contribution in [0.3, 0.4) is 0 Å². The van der Waals surface area contributed by atoms with Crippen molar-refractivity contribution in [3.63, 3.8) is 0 Å². The summed E-state index contributed by atoms with van der Waals surface area (Å²) in [6, 6.07) is 0. The van der Waals surface area contributed by atoms with Crippen LogP contribution in [0, 0.1) is 0 Å². The van der Waals surface area contributed by atoms with Gasteiger partial charge in [-0.05, 0) is 12.8 Å². The Balaban J connectivity index is 2.13. The molecule has 0 aromatic rings. The zero-order chi connectivity index (χ0) is 9.52. The maximum Gasteiger partial charge on any atom is 0.222 e. The van der Waals surface area contributed by atoms with Gasteiger partial charge in [0.2, 0.25) is 5.91 Å². The number of alkyl halides is 1. The summed E-state index contributed by atoms with van der Waals surface area (Å²) in [6.07, 6.45) is 2.86. The number of hydrogen-bond donors (Lipinski definition) is 0. The number of carbonyl (C=O) groups is 1. The Hall–Kier alpha value is 0.300. The highest BCUT2D eigenvalue weighted by Crippen LogP contribution is 2.11. The average Bonchev–Trinajstić information content (AvgIpc) is 2.19. The molecule has 0 bridgehead atoms. The van der Waals surface area contributed by atoms with Crippen LogP contribution in [-0.4, -0.2) is 40.7 Å². The van der Waals surface area contributed by atoms with E-state index in [0.717, 1.165) is 49.2 Å². The van der Waals surface area contributed by atoms with Crippen molar-refractivity contribution in [2.75, 3.05) is 29.9 Å². The Morgan fingerprint density at radius 2 is 2.00 bits per heavy atom. The lowest BCUT2D eigenvalue weighted by molar-refractivity contribution is -0.130. The smallest absolute Gasteiger partial charge is 0.222 e. The molecule has 0 aromatic heterocycles. The SMILES string of the molecule is O=C(CCCCBr)N1CCSCC1. The monoisotopic (exact) mass is 265 g/mol. The molecule has 4 heteroatoms. The van der Waals surface area contributed by atoms with Gasteiger partial charge in [0.15, 0.2) is 0 Å². The van der Waals surface area contributed by atoms with Crippen molar-refractivity contribution in [2.24, 2.45) is 0 Å². The lowest BCUT2D eigenvalue weighted by atomic mass is 10.2. The molecular weight excluding hydrogens is 250 g/mol. The van der Waals surface area contributed by atoms with Gasteiger partial charge in [0.1, 0.15) is 0 Å². The Morgan fingerprint density at radius 1 is 1.31 bits per heavy atom. The Labute approximate surface area is 92.6 Å². The first-order chi connectivity index (χ1) is 6.34. The zero-order valence-corrected chi connectivity index (χ0v) is 10.2. The molecule has 0 unspecified atom stereocenters. The van der Waals surface area contributed by atoms with E-state index in [0.29, 0.717) is 5.91 Å². The number of thioether (sulfide) groups is 1. The van der Waals surface area contributed by atoms with Crippen molar-refractivity contribution in [1.82, 2.24) is 4.90 Å². The predicted molar refractivity (Wildman–Crippen MR) is 61.6 cm³/mol. The van der Waals surface area contributed by atoms with E-state index in [1.165, 1.54) is 0 Å². The second-order valence-electron chi connectivity index (χ2n) is 3.14. The van der Waals surface area contributed by atoms with Gasteiger partial charge in [0.05, 0.1) is 0 Å². The van der Waals surface area contributed by atoms with E-state index in [1.807, 2.05) is 16.7 Å². The molecule has 1 fully saturated rings. The lowest BCUT2D eigenvalue weighted by Crippen LogP contribution is -2.37. The van der Waals surface area contributed by atoms with E-state index < -0.39 is 0 Å². The maximum atomic E-state index is 11.6. The second kappa shape index (κ2) is 6.71. The molecule has 1 heterocycles. The normalized spacial score (nSPS) is 17.5. The Kier molecular flexibility index (Phi) is 5.87. The summed E-state index contributed by atoms with van der Waals surface area (Å²) in [4.78, 5) is 13.6. The van der Waals surface area contributed by atoms with Crippen molar-refractivity contribution in [3.8, 4) is 0 Å². The molecule has 1 amide bonds. The highest BCUT2D eigenvalue weighted by atomic mass is 79.9. The van der Waals surface area contributed by atoms with Crippen LogP contribution in [0.4, 0.5) is 0 Å². The Morgan fingerprint density at radius 3 is 2.62 bits per heavy atom. The molecule has 1 saturated heterocycles. The summed E-state index contributed by atoms with van der Waals surface area (Å²) >= 11 is 5.31. The summed E-state index contributed by atoms with van der Waals surface area (Å²) in [7, 11) is 0. The summed E-state index contributed by atoms with van der Waals surface area (Å²) in [5.74, 6) is 2.58. The highest BCUT2D eigenvalue weighted by Gasteiger charge is 2.15. The van der Waals surface area contributed by atoms with Crippen LogP contribution in [0.25, 0.3) is 0 Å². The fraction of sp³-hybridized carbons (Fsp3) is 0.889. The van der Waals surface area contributed by atoms with E-state index in [9.17, 15) is 4.79 Å². The number of rotatable bonds is 4. The van der Waals surface area contributed by atoms with Gasteiger partial charge in [0.25, 0.3) is 0 Å². The molecule has 76 valence electrons. The van der Waals surface area contributed by atoms with Gasteiger partial charge in [-0.15, -0.1) is 0 Å². The number of amides is 1. The number of nitrogens with zero attached hydrogens (tertiary/aromatic N) is 1. The molecule has 0 aliphatic carbocycles. The van der Waals surface area contributed by atoms with Crippen LogP contribution in [0.1, 0.15) is 19.3 Å². The average molecular weight is 266 g/mol. The van der Waals surface area contributed by atoms with Gasteiger partial charge in [-0.25, -0.2) is 0 Å². The molecule has 13 heavy (non-hydrogen) atoms. The van der Waals surface area contributed by atoms with Crippen LogP contribution >= 0.6 is 27.7 Å². The summed E-state index contributed by atoms with van der Waals surface area (Å²) < 4.78 is 0. The molecule has 1 aliphatic rings. The van der Waals surface area contributed by atoms with E-state index in [-0.39, 0.29) is 0 Å². The van der Waals surface area contributed by atoms with Crippen molar-refractivity contribution in [2.45, 2.75) is 19.3 Å². The van der Waals surface area contributed by atoms with E-state index >= 15 is 0 Å². The number of unbranched alkanes of at least 4 members (excludes halogenated alkanes) is 1. The minimum Gasteiger partial charge on any atom is -0.341 e. The molecule has 0 radical (unpaired) electrons. The lowest BCUT2D eigenvalue weighted by Gasteiger charge is -2.26. The third-order valence-electron chi connectivity index (χ3n) is 2.14. The molecule has 1 rings (SSSR count). The first-order valence-electron chi connectivity index (χ1n) is 4.76. The largest absolute Gasteiger partial charge is 0.341 e. The molecule has 0 aromatic carbocycles. The van der Waals surface area contributed by atoms with E-state index in [2.05, 4.69) is 15.9 Å². The van der Waals surface area contributed by atoms with Gasteiger partial charge in [-0.1, -0.05) is 15.9 Å². The molecule has 0 spiro atoms.